The highest BCUT2D eigenvalue weighted by Crippen LogP contribution is 2.22. The van der Waals surface area contributed by atoms with Gasteiger partial charge in [-0.25, -0.2) is 0 Å². The van der Waals surface area contributed by atoms with E-state index in [2.05, 4.69) is 49.3 Å². The van der Waals surface area contributed by atoms with Crippen molar-refractivity contribution in [1.29, 1.82) is 0 Å². The van der Waals surface area contributed by atoms with Gasteiger partial charge in [0.1, 0.15) is 0 Å². The van der Waals surface area contributed by atoms with Gasteiger partial charge in [-0.2, -0.15) is 5.10 Å². The second kappa shape index (κ2) is 4.18. The van der Waals surface area contributed by atoms with Crippen LogP contribution in [0.4, 0.5) is 0 Å². The minimum Gasteiger partial charge on any atom is -0.314 e. The number of aromatic nitrogens is 2. The van der Waals surface area contributed by atoms with Gasteiger partial charge in [0, 0.05) is 31.4 Å². The fourth-order valence-corrected chi connectivity index (χ4v) is 2.05. The largest absolute Gasteiger partial charge is 0.314 e. The number of hydrogen-bond acceptors (Lipinski definition) is 3. The third-order valence-corrected chi connectivity index (χ3v) is 3.19. The first kappa shape index (κ1) is 11.6. The number of piperazine rings is 1. The van der Waals surface area contributed by atoms with Crippen molar-refractivity contribution in [2.75, 3.05) is 26.7 Å². The number of hydrogen-bond donors (Lipinski definition) is 1. The molecule has 1 aromatic heterocycles. The molecule has 4 heteroatoms. The molecule has 0 bridgehead atoms. The summed E-state index contributed by atoms with van der Waals surface area (Å²) >= 11 is 0. The second-order valence-electron chi connectivity index (χ2n) is 5.59. The van der Waals surface area contributed by atoms with Crippen molar-refractivity contribution in [3.8, 4) is 0 Å². The van der Waals surface area contributed by atoms with E-state index in [1.54, 1.807) is 0 Å². The number of nitrogens with one attached hydrogen (secondary N) is 1. The van der Waals surface area contributed by atoms with E-state index >= 15 is 0 Å². The van der Waals surface area contributed by atoms with E-state index in [9.17, 15) is 0 Å². The van der Waals surface area contributed by atoms with Crippen LogP contribution in [0.25, 0.3) is 0 Å². The summed E-state index contributed by atoms with van der Waals surface area (Å²) in [5.41, 5.74) is 1.38. The average Bonchev–Trinajstić information content (AvgIpc) is 2.66. The minimum absolute atomic E-state index is 0.0684. The van der Waals surface area contributed by atoms with Gasteiger partial charge >= 0.3 is 0 Å². The highest BCUT2D eigenvalue weighted by Gasteiger charge is 2.23. The normalized spacial score (nSPS) is 23.6. The maximum Gasteiger partial charge on any atom is 0.0543 e. The molecule has 1 atom stereocenters. The van der Waals surface area contributed by atoms with E-state index in [-0.39, 0.29) is 5.54 Å². The lowest BCUT2D eigenvalue weighted by Crippen LogP contribution is -2.43. The van der Waals surface area contributed by atoms with Gasteiger partial charge in [0.2, 0.25) is 0 Å². The van der Waals surface area contributed by atoms with Gasteiger partial charge in [-0.1, -0.05) is 0 Å². The molecule has 90 valence electrons. The average molecular weight is 222 g/mol. The summed E-state index contributed by atoms with van der Waals surface area (Å²) in [4.78, 5) is 2.39. The first-order valence-corrected chi connectivity index (χ1v) is 5.94. The molecule has 1 fully saturated rings. The van der Waals surface area contributed by atoms with Crippen LogP contribution < -0.4 is 5.32 Å². The first-order chi connectivity index (χ1) is 7.48. The lowest BCUT2D eigenvalue weighted by atomic mass is 10.1. The fourth-order valence-electron chi connectivity index (χ4n) is 2.05. The maximum atomic E-state index is 4.46. The Balaban J connectivity index is 2.18. The molecule has 0 aliphatic carbocycles. The summed E-state index contributed by atoms with van der Waals surface area (Å²) < 4.78 is 2.05. The van der Waals surface area contributed by atoms with Crippen molar-refractivity contribution >= 4 is 0 Å². The zero-order valence-electron chi connectivity index (χ0n) is 10.7. The second-order valence-corrected chi connectivity index (χ2v) is 5.59. The Morgan fingerprint density at radius 2 is 2.19 bits per heavy atom. The van der Waals surface area contributed by atoms with Crippen LogP contribution in [0.1, 0.15) is 32.4 Å². The molecule has 2 rings (SSSR count). The summed E-state index contributed by atoms with van der Waals surface area (Å²) in [7, 11) is 2.18. The van der Waals surface area contributed by atoms with Gasteiger partial charge in [0.25, 0.3) is 0 Å². The topological polar surface area (TPSA) is 33.1 Å². The fraction of sp³-hybridized carbons (Fsp3) is 0.750. The monoisotopic (exact) mass is 222 g/mol. The summed E-state index contributed by atoms with van der Waals surface area (Å²) in [5, 5.41) is 7.89. The van der Waals surface area contributed by atoms with Crippen LogP contribution in [0.15, 0.2) is 12.4 Å². The molecule has 16 heavy (non-hydrogen) atoms. The van der Waals surface area contributed by atoms with Crippen molar-refractivity contribution in [2.45, 2.75) is 32.4 Å². The van der Waals surface area contributed by atoms with Gasteiger partial charge in [-0.15, -0.1) is 0 Å². The summed E-state index contributed by atoms with van der Waals surface area (Å²) in [6.07, 6.45) is 4.17. The van der Waals surface area contributed by atoms with Crippen LogP contribution in [0.5, 0.6) is 0 Å². The van der Waals surface area contributed by atoms with Crippen LogP contribution in [0.3, 0.4) is 0 Å². The maximum absolute atomic E-state index is 4.46. The molecule has 0 saturated carbocycles. The lowest BCUT2D eigenvalue weighted by molar-refractivity contribution is 0.202. The number of nitrogens with zero attached hydrogens (tertiary/aromatic N) is 3. The van der Waals surface area contributed by atoms with E-state index in [1.165, 1.54) is 5.56 Å². The van der Waals surface area contributed by atoms with Crippen molar-refractivity contribution in [3.05, 3.63) is 18.0 Å². The zero-order chi connectivity index (χ0) is 11.8. The molecular formula is C12H22N4. The molecule has 0 aromatic carbocycles. The molecule has 4 nitrogen and oxygen atoms in total. The molecule has 0 amide bonds. The van der Waals surface area contributed by atoms with Crippen LogP contribution >= 0.6 is 0 Å². The van der Waals surface area contributed by atoms with Crippen molar-refractivity contribution < 1.29 is 0 Å². The van der Waals surface area contributed by atoms with E-state index in [0.29, 0.717) is 6.04 Å². The van der Waals surface area contributed by atoms with Crippen molar-refractivity contribution in [3.63, 3.8) is 0 Å². The number of likely N-dealkylation sites (N-methyl/N-ethyl adjacent to an activating group) is 1. The lowest BCUT2D eigenvalue weighted by Gasteiger charge is -2.32. The predicted molar refractivity (Wildman–Crippen MR) is 65.5 cm³/mol. The highest BCUT2D eigenvalue weighted by molar-refractivity contribution is 5.13. The Morgan fingerprint density at radius 1 is 1.44 bits per heavy atom. The van der Waals surface area contributed by atoms with Crippen molar-refractivity contribution in [2.24, 2.45) is 0 Å². The first-order valence-electron chi connectivity index (χ1n) is 5.94. The van der Waals surface area contributed by atoms with Gasteiger partial charge in [0.15, 0.2) is 0 Å². The smallest absolute Gasteiger partial charge is 0.0543 e. The molecule has 1 N–H and O–H groups in total. The van der Waals surface area contributed by atoms with E-state index in [0.717, 1.165) is 19.6 Å². The minimum atomic E-state index is 0.0684. The summed E-state index contributed by atoms with van der Waals surface area (Å²) in [5.74, 6) is 0. The number of rotatable bonds is 1. The van der Waals surface area contributed by atoms with Gasteiger partial charge in [-0.3, -0.25) is 9.58 Å². The van der Waals surface area contributed by atoms with Gasteiger partial charge in [-0.05, 0) is 27.8 Å². The third-order valence-electron chi connectivity index (χ3n) is 3.19. The third kappa shape index (κ3) is 2.28. The molecule has 2 heterocycles. The molecule has 1 unspecified atom stereocenters. The summed E-state index contributed by atoms with van der Waals surface area (Å²) in [6.45, 7) is 9.73. The Hall–Kier alpha value is -0.870. The van der Waals surface area contributed by atoms with Crippen LogP contribution in [0.2, 0.25) is 0 Å². The quantitative estimate of drug-likeness (QED) is 0.775. The SMILES string of the molecule is CN1CCNCC1c1cnn(C(C)(C)C)c1. The van der Waals surface area contributed by atoms with Gasteiger partial charge in [0.05, 0.1) is 17.8 Å². The predicted octanol–water partition coefficient (Wildman–Crippen LogP) is 1.21. The van der Waals surface area contributed by atoms with Crippen LogP contribution in [0, 0.1) is 0 Å². The Morgan fingerprint density at radius 3 is 2.75 bits per heavy atom. The van der Waals surface area contributed by atoms with E-state index in [1.807, 2.05) is 10.9 Å². The Labute approximate surface area is 97.6 Å². The highest BCUT2D eigenvalue weighted by atomic mass is 15.3. The zero-order valence-corrected chi connectivity index (χ0v) is 10.7. The molecular weight excluding hydrogens is 200 g/mol. The van der Waals surface area contributed by atoms with Gasteiger partial charge < -0.3 is 5.32 Å². The van der Waals surface area contributed by atoms with Crippen LogP contribution in [-0.4, -0.2) is 41.4 Å². The molecule has 1 aromatic rings. The van der Waals surface area contributed by atoms with Crippen molar-refractivity contribution in [1.82, 2.24) is 20.0 Å². The molecule has 1 saturated heterocycles. The summed E-state index contributed by atoms with van der Waals surface area (Å²) in [6, 6.07) is 0.463. The molecule has 1 aliphatic heterocycles. The van der Waals surface area contributed by atoms with E-state index in [4.69, 9.17) is 0 Å². The Bertz CT molecular complexity index is 350. The molecule has 0 radical (unpaired) electrons. The molecule has 1 aliphatic rings. The standard InChI is InChI=1S/C12H22N4/c1-12(2,3)16-9-10(7-14-16)11-8-13-5-6-15(11)4/h7,9,11,13H,5-6,8H2,1-4H3. The van der Waals surface area contributed by atoms with E-state index < -0.39 is 0 Å². The van der Waals surface area contributed by atoms with Crippen LogP contribution in [-0.2, 0) is 5.54 Å². The molecule has 0 spiro atoms. The Kier molecular flexibility index (Phi) is 3.04.